The molecule has 1 aromatic rings. The first kappa shape index (κ1) is 13.3. The fraction of sp³-hybridized carbons (Fsp3) is 0.714. The van der Waals surface area contributed by atoms with Crippen molar-refractivity contribution in [2.75, 3.05) is 6.61 Å². The Kier molecular flexibility index (Phi) is 4.53. The van der Waals surface area contributed by atoms with Crippen LogP contribution in [0.1, 0.15) is 44.0 Å². The van der Waals surface area contributed by atoms with Gasteiger partial charge >= 0.3 is 0 Å². The number of carbonyl (C=O) groups is 1. The Morgan fingerprint density at radius 3 is 3.06 bits per heavy atom. The van der Waals surface area contributed by atoms with Crippen LogP contribution in [0.25, 0.3) is 0 Å². The summed E-state index contributed by atoms with van der Waals surface area (Å²) < 4.78 is 7.52. The van der Waals surface area contributed by atoms with Gasteiger partial charge in [0, 0.05) is 31.7 Å². The molecule has 0 aliphatic carbocycles. The highest BCUT2D eigenvalue weighted by Crippen LogP contribution is 2.17. The quantitative estimate of drug-likeness (QED) is 0.805. The van der Waals surface area contributed by atoms with E-state index in [1.807, 2.05) is 24.6 Å². The van der Waals surface area contributed by atoms with E-state index < -0.39 is 0 Å². The molecule has 1 fully saturated rings. The van der Waals surface area contributed by atoms with Gasteiger partial charge in [0.2, 0.25) is 0 Å². The maximum Gasteiger partial charge on any atom is 0.141 e. The lowest BCUT2D eigenvalue weighted by atomic mass is 10.0. The van der Waals surface area contributed by atoms with Gasteiger partial charge < -0.3 is 4.74 Å². The maximum absolute atomic E-state index is 12.0. The summed E-state index contributed by atoms with van der Waals surface area (Å²) >= 11 is 0. The van der Waals surface area contributed by atoms with Gasteiger partial charge in [0.25, 0.3) is 0 Å². The molecule has 4 nitrogen and oxygen atoms in total. The van der Waals surface area contributed by atoms with E-state index >= 15 is 0 Å². The molecule has 2 rings (SSSR count). The van der Waals surface area contributed by atoms with E-state index in [1.54, 1.807) is 0 Å². The minimum Gasteiger partial charge on any atom is -0.378 e. The van der Waals surface area contributed by atoms with Gasteiger partial charge in [0.05, 0.1) is 11.8 Å². The molecule has 0 saturated carbocycles. The Morgan fingerprint density at radius 2 is 2.39 bits per heavy atom. The lowest BCUT2D eigenvalue weighted by Crippen LogP contribution is -2.23. The molecule has 0 N–H and O–H groups in total. The molecule has 0 spiro atoms. The van der Waals surface area contributed by atoms with Crippen LogP contribution in [0.3, 0.4) is 0 Å². The summed E-state index contributed by atoms with van der Waals surface area (Å²) in [6.45, 7) is 5.63. The summed E-state index contributed by atoms with van der Waals surface area (Å²) in [5, 5.41) is 4.36. The number of Topliss-reactive ketones (excluding diaryl/α,β-unsaturated/α-hetero) is 1. The Balaban J connectivity index is 1.89. The normalized spacial score (nSPS) is 20.0. The maximum atomic E-state index is 12.0. The smallest absolute Gasteiger partial charge is 0.141 e. The molecule has 1 aromatic heterocycles. The summed E-state index contributed by atoms with van der Waals surface area (Å²) in [7, 11) is 0. The number of nitrogens with zero attached hydrogens (tertiary/aromatic N) is 2. The van der Waals surface area contributed by atoms with Crippen molar-refractivity contribution in [2.24, 2.45) is 0 Å². The molecule has 4 heteroatoms. The second kappa shape index (κ2) is 6.14. The van der Waals surface area contributed by atoms with Crippen LogP contribution in [0.2, 0.25) is 0 Å². The standard InChI is InChI=1S/C14H22N2O2/c1-3-16-12(8-11(2)15-16)9-13(17)10-14-6-4-5-7-18-14/h8,14H,3-7,9-10H2,1-2H3. The second-order valence-electron chi connectivity index (χ2n) is 5.00. The molecule has 1 aliphatic rings. The van der Waals surface area contributed by atoms with Crippen LogP contribution in [0, 0.1) is 6.92 Å². The highest BCUT2D eigenvalue weighted by atomic mass is 16.5. The van der Waals surface area contributed by atoms with Gasteiger partial charge in [-0.3, -0.25) is 9.48 Å². The Morgan fingerprint density at radius 1 is 1.56 bits per heavy atom. The molecule has 1 unspecified atom stereocenters. The zero-order valence-electron chi connectivity index (χ0n) is 11.3. The summed E-state index contributed by atoms with van der Waals surface area (Å²) in [6.07, 6.45) is 4.52. The van der Waals surface area contributed by atoms with Crippen LogP contribution < -0.4 is 0 Å². The number of rotatable bonds is 5. The molecule has 0 radical (unpaired) electrons. The van der Waals surface area contributed by atoms with Crippen LogP contribution in [0.5, 0.6) is 0 Å². The second-order valence-corrected chi connectivity index (χ2v) is 5.00. The summed E-state index contributed by atoms with van der Waals surface area (Å²) in [6, 6.07) is 2.00. The van der Waals surface area contributed by atoms with Crippen molar-refractivity contribution in [3.05, 3.63) is 17.5 Å². The number of hydrogen-bond acceptors (Lipinski definition) is 3. The van der Waals surface area contributed by atoms with Crippen LogP contribution in [0.4, 0.5) is 0 Å². The third kappa shape index (κ3) is 3.42. The van der Waals surface area contributed by atoms with Gasteiger partial charge in [-0.25, -0.2) is 0 Å². The van der Waals surface area contributed by atoms with E-state index in [1.165, 1.54) is 6.42 Å². The third-order valence-corrected chi connectivity index (χ3v) is 3.39. The van der Waals surface area contributed by atoms with Crippen molar-refractivity contribution in [2.45, 2.75) is 58.6 Å². The zero-order chi connectivity index (χ0) is 13.0. The molecular formula is C14H22N2O2. The average Bonchev–Trinajstić information content (AvgIpc) is 2.70. The zero-order valence-corrected chi connectivity index (χ0v) is 11.3. The number of aromatic nitrogens is 2. The van der Waals surface area contributed by atoms with Crippen molar-refractivity contribution in [3.63, 3.8) is 0 Å². The predicted molar refractivity (Wildman–Crippen MR) is 69.6 cm³/mol. The van der Waals surface area contributed by atoms with Gasteiger partial charge in [-0.15, -0.1) is 0 Å². The molecule has 100 valence electrons. The van der Waals surface area contributed by atoms with Crippen molar-refractivity contribution < 1.29 is 9.53 Å². The molecule has 1 atom stereocenters. The minimum atomic E-state index is 0.144. The monoisotopic (exact) mass is 250 g/mol. The van der Waals surface area contributed by atoms with Crippen LogP contribution in [-0.4, -0.2) is 28.3 Å². The van der Waals surface area contributed by atoms with Crippen molar-refractivity contribution in [1.82, 2.24) is 9.78 Å². The van der Waals surface area contributed by atoms with Gasteiger partial charge in [-0.05, 0) is 39.2 Å². The molecule has 0 amide bonds. The Hall–Kier alpha value is -1.16. The fourth-order valence-corrected chi connectivity index (χ4v) is 2.51. The highest BCUT2D eigenvalue weighted by molar-refractivity contribution is 5.81. The van der Waals surface area contributed by atoms with Crippen molar-refractivity contribution >= 4 is 5.78 Å². The van der Waals surface area contributed by atoms with Gasteiger partial charge in [-0.2, -0.15) is 5.10 Å². The van der Waals surface area contributed by atoms with Crippen molar-refractivity contribution in [3.8, 4) is 0 Å². The van der Waals surface area contributed by atoms with E-state index in [-0.39, 0.29) is 11.9 Å². The van der Waals surface area contributed by atoms with E-state index in [9.17, 15) is 4.79 Å². The number of aryl methyl sites for hydroxylation is 2. The van der Waals surface area contributed by atoms with Crippen LogP contribution in [0.15, 0.2) is 6.07 Å². The van der Waals surface area contributed by atoms with Crippen LogP contribution >= 0.6 is 0 Å². The molecule has 2 heterocycles. The Bertz CT molecular complexity index is 406. The predicted octanol–water partition coefficient (Wildman–Crippen LogP) is 2.28. The SMILES string of the molecule is CCn1nc(C)cc1CC(=O)CC1CCCCO1. The van der Waals surface area contributed by atoms with E-state index in [2.05, 4.69) is 5.10 Å². The topological polar surface area (TPSA) is 44.1 Å². The van der Waals surface area contributed by atoms with Gasteiger partial charge in [0.1, 0.15) is 5.78 Å². The van der Waals surface area contributed by atoms with E-state index in [4.69, 9.17) is 4.74 Å². The van der Waals surface area contributed by atoms with Crippen molar-refractivity contribution in [1.29, 1.82) is 0 Å². The average molecular weight is 250 g/mol. The molecule has 18 heavy (non-hydrogen) atoms. The largest absolute Gasteiger partial charge is 0.378 e. The first-order valence-electron chi connectivity index (χ1n) is 6.85. The fourth-order valence-electron chi connectivity index (χ4n) is 2.51. The van der Waals surface area contributed by atoms with E-state index in [0.29, 0.717) is 12.8 Å². The highest BCUT2D eigenvalue weighted by Gasteiger charge is 2.18. The Labute approximate surface area is 108 Å². The number of hydrogen-bond donors (Lipinski definition) is 0. The summed E-state index contributed by atoms with van der Waals surface area (Å²) in [4.78, 5) is 12.0. The molecule has 1 aliphatic heterocycles. The number of carbonyl (C=O) groups excluding carboxylic acids is 1. The third-order valence-electron chi connectivity index (χ3n) is 3.39. The summed E-state index contributed by atoms with van der Waals surface area (Å²) in [5.74, 6) is 0.261. The lowest BCUT2D eigenvalue weighted by Gasteiger charge is -2.21. The van der Waals surface area contributed by atoms with Gasteiger partial charge in [0.15, 0.2) is 0 Å². The first-order chi connectivity index (χ1) is 8.69. The van der Waals surface area contributed by atoms with E-state index in [0.717, 1.165) is 37.4 Å². The van der Waals surface area contributed by atoms with Crippen LogP contribution in [-0.2, 0) is 22.5 Å². The molecular weight excluding hydrogens is 228 g/mol. The molecule has 0 bridgehead atoms. The molecule has 0 aromatic carbocycles. The number of ether oxygens (including phenoxy) is 1. The summed E-state index contributed by atoms with van der Waals surface area (Å²) in [5.41, 5.74) is 2.00. The lowest BCUT2D eigenvalue weighted by molar-refractivity contribution is -0.122. The van der Waals surface area contributed by atoms with Gasteiger partial charge in [-0.1, -0.05) is 0 Å². The number of ketones is 1. The minimum absolute atomic E-state index is 0.144. The first-order valence-corrected chi connectivity index (χ1v) is 6.85. The molecule has 1 saturated heterocycles.